The second-order valence-corrected chi connectivity index (χ2v) is 6.18. The molecule has 1 unspecified atom stereocenters. The van der Waals surface area contributed by atoms with E-state index in [1.165, 1.54) is 6.07 Å². The van der Waals surface area contributed by atoms with E-state index < -0.39 is 0 Å². The normalized spacial score (nSPS) is 12.0. The predicted molar refractivity (Wildman–Crippen MR) is 98.7 cm³/mol. The summed E-state index contributed by atoms with van der Waals surface area (Å²) in [4.78, 5) is 32.7. The number of anilines is 1. The van der Waals surface area contributed by atoms with Crippen molar-refractivity contribution in [1.29, 1.82) is 0 Å². The molecule has 25 heavy (non-hydrogen) atoms. The Morgan fingerprint density at radius 3 is 2.60 bits per heavy atom. The number of rotatable bonds is 7. The Balaban J connectivity index is 1.93. The maximum atomic E-state index is 12.6. The molecule has 1 atom stereocenters. The fourth-order valence-electron chi connectivity index (χ4n) is 2.67. The Morgan fingerprint density at radius 1 is 1.24 bits per heavy atom. The van der Waals surface area contributed by atoms with E-state index in [1.54, 1.807) is 6.92 Å². The summed E-state index contributed by atoms with van der Waals surface area (Å²) in [5.41, 5.74) is 2.51. The van der Waals surface area contributed by atoms with Crippen LogP contribution < -0.4 is 16.2 Å². The third-order valence-electron chi connectivity index (χ3n) is 3.83. The SMILES string of the molecule is Cc1cc(=O)[nH]c(NCCNC(=O)C(c2ccccc2C)N(C)C)n1. The predicted octanol–water partition coefficient (Wildman–Crippen LogP) is 1.22. The maximum Gasteiger partial charge on any atom is 0.252 e. The Morgan fingerprint density at radius 2 is 1.96 bits per heavy atom. The summed E-state index contributed by atoms with van der Waals surface area (Å²) >= 11 is 0. The Bertz CT molecular complexity index is 785. The van der Waals surface area contributed by atoms with Crippen LogP contribution in [0.2, 0.25) is 0 Å². The van der Waals surface area contributed by atoms with Gasteiger partial charge in [0, 0.05) is 24.8 Å². The van der Waals surface area contributed by atoms with E-state index in [1.807, 2.05) is 50.2 Å². The Labute approximate surface area is 147 Å². The molecule has 0 aliphatic heterocycles. The molecule has 1 amide bonds. The molecule has 1 aromatic carbocycles. The van der Waals surface area contributed by atoms with Crippen molar-refractivity contribution in [2.75, 3.05) is 32.5 Å². The summed E-state index contributed by atoms with van der Waals surface area (Å²) in [5.74, 6) is 0.342. The molecule has 0 radical (unpaired) electrons. The van der Waals surface area contributed by atoms with Crippen molar-refractivity contribution in [2.45, 2.75) is 19.9 Å². The summed E-state index contributed by atoms with van der Waals surface area (Å²) in [7, 11) is 3.77. The minimum atomic E-state index is -0.349. The summed E-state index contributed by atoms with van der Waals surface area (Å²) in [6.45, 7) is 4.64. The average molecular weight is 343 g/mol. The number of amides is 1. The molecule has 1 heterocycles. The van der Waals surface area contributed by atoms with E-state index in [9.17, 15) is 9.59 Å². The van der Waals surface area contributed by atoms with E-state index in [4.69, 9.17) is 0 Å². The zero-order valence-electron chi connectivity index (χ0n) is 15.1. The summed E-state index contributed by atoms with van der Waals surface area (Å²) < 4.78 is 0. The van der Waals surface area contributed by atoms with Crippen LogP contribution in [0.3, 0.4) is 0 Å². The van der Waals surface area contributed by atoms with Gasteiger partial charge in [0.1, 0.15) is 6.04 Å². The largest absolute Gasteiger partial charge is 0.354 e. The first-order valence-electron chi connectivity index (χ1n) is 8.20. The van der Waals surface area contributed by atoms with Gasteiger partial charge in [0.05, 0.1) is 0 Å². The van der Waals surface area contributed by atoms with Gasteiger partial charge in [-0.25, -0.2) is 4.98 Å². The molecule has 0 aliphatic carbocycles. The van der Waals surface area contributed by atoms with Crippen molar-refractivity contribution in [3.8, 4) is 0 Å². The molecule has 0 aliphatic rings. The number of H-pyrrole nitrogens is 1. The number of carbonyl (C=O) groups excluding carboxylic acids is 1. The third kappa shape index (κ3) is 5.15. The van der Waals surface area contributed by atoms with Crippen LogP contribution in [0.1, 0.15) is 22.9 Å². The lowest BCUT2D eigenvalue weighted by Gasteiger charge is -2.25. The first kappa shape index (κ1) is 18.7. The van der Waals surface area contributed by atoms with Crippen LogP contribution in [0, 0.1) is 13.8 Å². The van der Waals surface area contributed by atoms with E-state index in [0.29, 0.717) is 24.7 Å². The van der Waals surface area contributed by atoms with Crippen molar-refractivity contribution in [3.63, 3.8) is 0 Å². The standard InChI is InChI=1S/C18H25N5O2/c1-12-7-5-6-8-14(12)16(23(3)4)17(25)19-9-10-20-18-21-13(2)11-15(24)22-18/h5-8,11,16H,9-10H2,1-4H3,(H,19,25)(H2,20,21,22,24). The van der Waals surface area contributed by atoms with Crippen LogP contribution in [0.15, 0.2) is 35.1 Å². The molecule has 2 aromatic rings. The van der Waals surface area contributed by atoms with E-state index in [0.717, 1.165) is 11.1 Å². The molecule has 0 spiro atoms. The Hall–Kier alpha value is -2.67. The molecule has 0 fully saturated rings. The average Bonchev–Trinajstić information content (AvgIpc) is 2.52. The highest BCUT2D eigenvalue weighted by Gasteiger charge is 2.23. The van der Waals surface area contributed by atoms with Gasteiger partial charge in [0.15, 0.2) is 0 Å². The van der Waals surface area contributed by atoms with Crippen LogP contribution >= 0.6 is 0 Å². The van der Waals surface area contributed by atoms with Crippen molar-refractivity contribution in [1.82, 2.24) is 20.2 Å². The number of aromatic amines is 1. The number of likely N-dealkylation sites (N-methyl/N-ethyl adjacent to an activating group) is 1. The quantitative estimate of drug-likeness (QED) is 0.658. The number of benzene rings is 1. The first-order chi connectivity index (χ1) is 11.9. The highest BCUT2D eigenvalue weighted by atomic mass is 16.2. The van der Waals surface area contributed by atoms with Crippen LogP contribution in [0.4, 0.5) is 5.95 Å². The Kier molecular flexibility index (Phi) is 6.30. The molecular formula is C18H25N5O2. The topological polar surface area (TPSA) is 90.1 Å². The molecule has 1 aromatic heterocycles. The van der Waals surface area contributed by atoms with Crippen molar-refractivity contribution >= 4 is 11.9 Å². The molecule has 7 heteroatoms. The molecule has 134 valence electrons. The number of aromatic nitrogens is 2. The lowest BCUT2D eigenvalue weighted by molar-refractivity contribution is -0.125. The monoisotopic (exact) mass is 343 g/mol. The zero-order chi connectivity index (χ0) is 18.4. The number of hydrogen-bond acceptors (Lipinski definition) is 5. The summed E-state index contributed by atoms with van der Waals surface area (Å²) in [5, 5.41) is 5.93. The van der Waals surface area contributed by atoms with Gasteiger partial charge in [0.2, 0.25) is 11.9 Å². The van der Waals surface area contributed by atoms with Gasteiger partial charge >= 0.3 is 0 Å². The van der Waals surface area contributed by atoms with Crippen LogP contribution in [-0.4, -0.2) is 48.0 Å². The number of carbonyl (C=O) groups is 1. The highest BCUT2D eigenvalue weighted by Crippen LogP contribution is 2.21. The smallest absolute Gasteiger partial charge is 0.252 e. The van der Waals surface area contributed by atoms with Crippen molar-refractivity contribution < 1.29 is 4.79 Å². The van der Waals surface area contributed by atoms with Gasteiger partial charge in [-0.2, -0.15) is 0 Å². The first-order valence-corrected chi connectivity index (χ1v) is 8.20. The van der Waals surface area contributed by atoms with E-state index >= 15 is 0 Å². The second-order valence-electron chi connectivity index (χ2n) is 6.18. The van der Waals surface area contributed by atoms with Crippen molar-refractivity contribution in [3.05, 3.63) is 57.5 Å². The molecule has 2 rings (SSSR count). The van der Waals surface area contributed by atoms with E-state index in [2.05, 4.69) is 20.6 Å². The van der Waals surface area contributed by atoms with Crippen LogP contribution in [-0.2, 0) is 4.79 Å². The molecule has 3 N–H and O–H groups in total. The van der Waals surface area contributed by atoms with Gasteiger partial charge in [-0.1, -0.05) is 24.3 Å². The maximum absolute atomic E-state index is 12.6. The molecule has 0 saturated heterocycles. The lowest BCUT2D eigenvalue weighted by atomic mass is 10.00. The lowest BCUT2D eigenvalue weighted by Crippen LogP contribution is -2.39. The second kappa shape index (κ2) is 8.43. The third-order valence-corrected chi connectivity index (χ3v) is 3.83. The van der Waals surface area contributed by atoms with Gasteiger partial charge in [-0.05, 0) is 39.1 Å². The number of nitrogens with one attached hydrogen (secondary N) is 3. The highest BCUT2D eigenvalue weighted by molar-refractivity contribution is 5.83. The molecule has 7 nitrogen and oxygen atoms in total. The van der Waals surface area contributed by atoms with Crippen molar-refractivity contribution in [2.24, 2.45) is 0 Å². The van der Waals surface area contributed by atoms with Gasteiger partial charge < -0.3 is 10.6 Å². The molecule has 0 saturated carbocycles. The molecule has 0 bridgehead atoms. The zero-order valence-corrected chi connectivity index (χ0v) is 15.1. The van der Waals surface area contributed by atoms with Crippen LogP contribution in [0.25, 0.3) is 0 Å². The summed E-state index contributed by atoms with van der Waals surface area (Å²) in [6.07, 6.45) is 0. The van der Waals surface area contributed by atoms with Crippen LogP contribution in [0.5, 0.6) is 0 Å². The minimum Gasteiger partial charge on any atom is -0.354 e. The fraction of sp³-hybridized carbons (Fsp3) is 0.389. The number of nitrogens with zero attached hydrogens (tertiary/aromatic N) is 2. The fourth-order valence-corrected chi connectivity index (χ4v) is 2.67. The van der Waals surface area contributed by atoms with E-state index in [-0.39, 0.29) is 17.5 Å². The van der Waals surface area contributed by atoms with Gasteiger partial charge in [0.25, 0.3) is 5.56 Å². The molecular weight excluding hydrogens is 318 g/mol. The number of aryl methyl sites for hydroxylation is 2. The number of hydrogen-bond donors (Lipinski definition) is 3. The summed E-state index contributed by atoms with van der Waals surface area (Å²) in [6, 6.07) is 8.95. The minimum absolute atomic E-state index is 0.0632. The van der Waals surface area contributed by atoms with Gasteiger partial charge in [-0.15, -0.1) is 0 Å². The van der Waals surface area contributed by atoms with Gasteiger partial charge in [-0.3, -0.25) is 19.5 Å².